The number of hydrogen-bond donors (Lipinski definition) is 0. The Morgan fingerprint density at radius 3 is 2.53 bits per heavy atom. The molecule has 0 unspecified atom stereocenters. The van der Waals surface area contributed by atoms with Crippen LogP contribution in [0.5, 0.6) is 0 Å². The molecular formula is C14H16O2S. The molecule has 0 atom stereocenters. The van der Waals surface area contributed by atoms with E-state index in [2.05, 4.69) is 19.1 Å². The summed E-state index contributed by atoms with van der Waals surface area (Å²) < 4.78 is 6.11. The van der Waals surface area contributed by atoms with Crippen LogP contribution in [-0.2, 0) is 14.9 Å². The molecule has 0 amide bonds. The predicted molar refractivity (Wildman–Crippen MR) is 71.6 cm³/mol. The quantitative estimate of drug-likeness (QED) is 0.758. The van der Waals surface area contributed by atoms with E-state index in [-0.39, 0.29) is 5.97 Å². The van der Waals surface area contributed by atoms with Gasteiger partial charge in [-0.15, -0.1) is 11.3 Å². The average molecular weight is 248 g/mol. The van der Waals surface area contributed by atoms with Gasteiger partial charge in [-0.25, -0.2) is 0 Å². The third-order valence-electron chi connectivity index (χ3n) is 3.11. The average Bonchev–Trinajstić information content (AvgIpc) is 2.67. The van der Waals surface area contributed by atoms with E-state index in [1.807, 2.05) is 26.0 Å². The van der Waals surface area contributed by atoms with Gasteiger partial charge in [-0.05, 0) is 37.8 Å². The number of benzene rings is 1. The molecule has 2 aromatic rings. The summed E-state index contributed by atoms with van der Waals surface area (Å²) in [5.41, 5.74) is 0.601. The third-order valence-corrected chi connectivity index (χ3v) is 4.70. The molecule has 3 heteroatoms. The highest BCUT2D eigenvalue weighted by Crippen LogP contribution is 2.39. The number of thiophene rings is 1. The summed E-state index contributed by atoms with van der Waals surface area (Å²) in [7, 11) is 1.44. The second-order valence-electron chi connectivity index (χ2n) is 4.67. The van der Waals surface area contributed by atoms with Gasteiger partial charge in [0.25, 0.3) is 0 Å². The van der Waals surface area contributed by atoms with Gasteiger partial charge in [-0.3, -0.25) is 4.79 Å². The Morgan fingerprint density at radius 1 is 1.29 bits per heavy atom. The van der Waals surface area contributed by atoms with Crippen LogP contribution in [0.4, 0.5) is 0 Å². The summed E-state index contributed by atoms with van der Waals surface area (Å²) in [6.45, 7) is 5.89. The molecule has 17 heavy (non-hydrogen) atoms. The molecule has 2 rings (SSSR count). The smallest absolute Gasteiger partial charge is 0.316 e. The number of rotatable bonds is 2. The minimum absolute atomic E-state index is 0.188. The fraction of sp³-hybridized carbons (Fsp3) is 0.357. The number of fused-ring (bicyclic) bond motifs is 1. The molecule has 90 valence electrons. The van der Waals surface area contributed by atoms with Crippen molar-refractivity contribution < 1.29 is 9.53 Å². The van der Waals surface area contributed by atoms with Gasteiger partial charge in [-0.1, -0.05) is 18.2 Å². The summed E-state index contributed by atoms with van der Waals surface area (Å²) in [5.74, 6) is -0.188. The van der Waals surface area contributed by atoms with Gasteiger partial charge < -0.3 is 4.74 Å². The Balaban J connectivity index is 2.63. The first-order valence-electron chi connectivity index (χ1n) is 5.55. The maximum atomic E-state index is 11.8. The largest absolute Gasteiger partial charge is 0.468 e. The van der Waals surface area contributed by atoms with Crippen LogP contribution in [0.1, 0.15) is 24.3 Å². The van der Waals surface area contributed by atoms with E-state index in [0.29, 0.717) is 0 Å². The Morgan fingerprint density at radius 2 is 1.94 bits per heavy atom. The van der Waals surface area contributed by atoms with Crippen LogP contribution < -0.4 is 0 Å². The lowest BCUT2D eigenvalue weighted by Crippen LogP contribution is -2.29. The first-order chi connectivity index (χ1) is 7.98. The zero-order valence-electron chi connectivity index (χ0n) is 10.5. The predicted octanol–water partition coefficient (Wildman–Crippen LogP) is 3.66. The lowest BCUT2D eigenvalue weighted by atomic mass is 9.88. The second-order valence-corrected chi connectivity index (χ2v) is 5.72. The van der Waals surface area contributed by atoms with Gasteiger partial charge in [0, 0.05) is 9.58 Å². The van der Waals surface area contributed by atoms with Gasteiger partial charge in [0.05, 0.1) is 12.5 Å². The molecule has 0 aliphatic rings. The van der Waals surface area contributed by atoms with E-state index in [9.17, 15) is 4.79 Å². The summed E-state index contributed by atoms with van der Waals surface area (Å²) in [6, 6.07) is 8.23. The van der Waals surface area contributed by atoms with Crippen molar-refractivity contribution in [3.63, 3.8) is 0 Å². The van der Waals surface area contributed by atoms with Crippen LogP contribution in [0, 0.1) is 6.92 Å². The van der Waals surface area contributed by atoms with Crippen molar-refractivity contribution in [2.45, 2.75) is 26.2 Å². The van der Waals surface area contributed by atoms with Crippen molar-refractivity contribution in [2.75, 3.05) is 7.11 Å². The molecule has 0 bridgehead atoms. The van der Waals surface area contributed by atoms with E-state index in [4.69, 9.17) is 4.74 Å². The van der Waals surface area contributed by atoms with Crippen molar-refractivity contribution in [3.05, 3.63) is 34.7 Å². The van der Waals surface area contributed by atoms with E-state index in [1.54, 1.807) is 11.3 Å². The molecule has 1 aromatic carbocycles. The Kier molecular flexibility index (Phi) is 2.96. The number of carbonyl (C=O) groups is 1. The minimum atomic E-state index is -0.581. The summed E-state index contributed by atoms with van der Waals surface area (Å²) in [6.07, 6.45) is 0. The summed E-state index contributed by atoms with van der Waals surface area (Å²) in [4.78, 5) is 12.9. The van der Waals surface area contributed by atoms with Crippen molar-refractivity contribution >= 4 is 27.4 Å². The van der Waals surface area contributed by atoms with Crippen molar-refractivity contribution in [2.24, 2.45) is 0 Å². The molecule has 0 aliphatic heterocycles. The number of esters is 1. The number of carbonyl (C=O) groups excluding carboxylic acids is 1. The third kappa shape index (κ3) is 1.84. The van der Waals surface area contributed by atoms with Gasteiger partial charge in [-0.2, -0.15) is 0 Å². The number of hydrogen-bond acceptors (Lipinski definition) is 3. The number of aryl methyl sites for hydroxylation is 1. The molecule has 0 aliphatic carbocycles. The van der Waals surface area contributed by atoms with Gasteiger partial charge in [0.2, 0.25) is 0 Å². The molecule has 1 heterocycles. The van der Waals surface area contributed by atoms with Gasteiger partial charge in [0.1, 0.15) is 0 Å². The minimum Gasteiger partial charge on any atom is -0.468 e. The van der Waals surface area contributed by atoms with Crippen LogP contribution in [0.15, 0.2) is 24.3 Å². The molecule has 0 N–H and O–H groups in total. The topological polar surface area (TPSA) is 26.3 Å². The van der Waals surface area contributed by atoms with E-state index in [1.165, 1.54) is 22.8 Å². The zero-order chi connectivity index (χ0) is 12.6. The Hall–Kier alpha value is -1.35. The molecular weight excluding hydrogens is 232 g/mol. The molecule has 0 radical (unpaired) electrons. The standard InChI is InChI=1S/C14H16O2S/c1-9-10-7-5-6-8-11(10)17-12(9)14(2,3)13(15)16-4/h5-8H,1-4H3. The fourth-order valence-electron chi connectivity index (χ4n) is 2.12. The molecule has 2 nitrogen and oxygen atoms in total. The monoisotopic (exact) mass is 248 g/mol. The Labute approximate surface area is 105 Å². The fourth-order valence-corrected chi connectivity index (χ4v) is 3.42. The van der Waals surface area contributed by atoms with Crippen LogP contribution >= 0.6 is 11.3 Å². The van der Waals surface area contributed by atoms with Crippen LogP contribution in [-0.4, -0.2) is 13.1 Å². The van der Waals surface area contributed by atoms with E-state index >= 15 is 0 Å². The summed E-state index contributed by atoms with van der Waals surface area (Å²) in [5, 5.41) is 1.23. The highest BCUT2D eigenvalue weighted by molar-refractivity contribution is 7.19. The number of ether oxygens (including phenoxy) is 1. The van der Waals surface area contributed by atoms with E-state index in [0.717, 1.165) is 4.88 Å². The van der Waals surface area contributed by atoms with Crippen molar-refractivity contribution in [3.8, 4) is 0 Å². The lowest BCUT2D eigenvalue weighted by molar-refractivity contribution is -0.146. The zero-order valence-corrected chi connectivity index (χ0v) is 11.4. The number of methoxy groups -OCH3 is 1. The van der Waals surface area contributed by atoms with Crippen molar-refractivity contribution in [1.82, 2.24) is 0 Å². The van der Waals surface area contributed by atoms with Gasteiger partial charge >= 0.3 is 5.97 Å². The second kappa shape index (κ2) is 4.15. The van der Waals surface area contributed by atoms with Crippen LogP contribution in [0.2, 0.25) is 0 Å². The molecule has 0 saturated carbocycles. The lowest BCUT2D eigenvalue weighted by Gasteiger charge is -2.20. The maximum absolute atomic E-state index is 11.8. The molecule has 1 aromatic heterocycles. The highest BCUT2D eigenvalue weighted by Gasteiger charge is 2.34. The Bertz CT molecular complexity index is 567. The first-order valence-corrected chi connectivity index (χ1v) is 6.37. The molecule has 0 fully saturated rings. The van der Waals surface area contributed by atoms with E-state index < -0.39 is 5.41 Å². The summed E-state index contributed by atoms with van der Waals surface area (Å²) >= 11 is 1.67. The van der Waals surface area contributed by atoms with Gasteiger partial charge in [0.15, 0.2) is 0 Å². The van der Waals surface area contributed by atoms with Crippen LogP contribution in [0.3, 0.4) is 0 Å². The normalized spacial score (nSPS) is 11.8. The molecule has 0 saturated heterocycles. The molecule has 0 spiro atoms. The maximum Gasteiger partial charge on any atom is 0.316 e. The highest BCUT2D eigenvalue weighted by atomic mass is 32.1. The SMILES string of the molecule is COC(=O)C(C)(C)c1sc2ccccc2c1C. The van der Waals surface area contributed by atoms with Crippen LogP contribution in [0.25, 0.3) is 10.1 Å². The first kappa shape index (κ1) is 12.1. The van der Waals surface area contributed by atoms with Crippen molar-refractivity contribution in [1.29, 1.82) is 0 Å².